The lowest BCUT2D eigenvalue weighted by Gasteiger charge is -2.15. The molecular weight excluding hydrogens is 176 g/mol. The molecule has 76 valence electrons. The number of hydrogen-bond acceptors (Lipinski definition) is 3. The molecule has 1 aromatic rings. The van der Waals surface area contributed by atoms with E-state index >= 15 is 0 Å². The first-order chi connectivity index (χ1) is 6.77. The van der Waals surface area contributed by atoms with Crippen LogP contribution in [0, 0.1) is 6.92 Å². The molecule has 1 heterocycles. The van der Waals surface area contributed by atoms with Gasteiger partial charge in [-0.3, -0.25) is 0 Å². The maximum absolute atomic E-state index is 5.96. The molecule has 1 aliphatic rings. The largest absolute Gasteiger partial charge is 0.397 e. The number of nitrogens with one attached hydrogen (secondary N) is 1. The first-order valence-corrected chi connectivity index (χ1v) is 4.97. The van der Waals surface area contributed by atoms with Gasteiger partial charge < -0.3 is 15.8 Å². The lowest BCUT2D eigenvalue weighted by molar-refractivity contribution is 0.195. The van der Waals surface area contributed by atoms with Gasteiger partial charge in [-0.2, -0.15) is 0 Å². The monoisotopic (exact) mass is 192 g/mol. The van der Waals surface area contributed by atoms with Crippen molar-refractivity contribution in [1.82, 2.24) is 0 Å². The average molecular weight is 192 g/mol. The predicted octanol–water partition coefficient (Wildman–Crippen LogP) is 1.78. The summed E-state index contributed by atoms with van der Waals surface area (Å²) in [5.74, 6) is 0. The smallest absolute Gasteiger partial charge is 0.0668 e. The summed E-state index contributed by atoms with van der Waals surface area (Å²) in [4.78, 5) is 0. The molecule has 3 nitrogen and oxygen atoms in total. The van der Waals surface area contributed by atoms with Crippen molar-refractivity contribution in [3.8, 4) is 0 Å². The molecule has 1 aromatic carbocycles. The molecule has 0 radical (unpaired) electrons. The lowest BCUT2D eigenvalue weighted by atomic mass is 10.1. The summed E-state index contributed by atoms with van der Waals surface area (Å²) in [6, 6.07) is 6.47. The van der Waals surface area contributed by atoms with Gasteiger partial charge in [0.25, 0.3) is 0 Å². The number of hydrogen-bond donors (Lipinski definition) is 2. The highest BCUT2D eigenvalue weighted by molar-refractivity contribution is 5.69. The van der Waals surface area contributed by atoms with Gasteiger partial charge in [0.1, 0.15) is 0 Å². The van der Waals surface area contributed by atoms with E-state index in [4.69, 9.17) is 10.5 Å². The number of rotatable bonds is 2. The molecule has 0 aliphatic carbocycles. The number of anilines is 2. The van der Waals surface area contributed by atoms with Crippen LogP contribution in [0.2, 0.25) is 0 Å². The molecule has 1 unspecified atom stereocenters. The topological polar surface area (TPSA) is 47.3 Å². The third-order valence-corrected chi connectivity index (χ3v) is 2.61. The Kier molecular flexibility index (Phi) is 2.59. The van der Waals surface area contributed by atoms with Crippen LogP contribution in [-0.2, 0) is 4.74 Å². The van der Waals surface area contributed by atoms with E-state index in [-0.39, 0.29) is 0 Å². The van der Waals surface area contributed by atoms with Crippen LogP contribution in [0.4, 0.5) is 11.4 Å². The molecule has 14 heavy (non-hydrogen) atoms. The standard InChI is InChI=1S/C11H16N2O/c1-8-3-2-4-10(11(8)12)13-9-5-6-14-7-9/h2-4,9,13H,5-7,12H2,1H3. The second-order valence-electron chi connectivity index (χ2n) is 3.74. The van der Waals surface area contributed by atoms with E-state index in [2.05, 4.69) is 5.32 Å². The van der Waals surface area contributed by atoms with Gasteiger partial charge in [-0.1, -0.05) is 12.1 Å². The van der Waals surface area contributed by atoms with Crippen molar-refractivity contribution < 1.29 is 4.74 Å². The van der Waals surface area contributed by atoms with Crippen molar-refractivity contribution in [1.29, 1.82) is 0 Å². The van der Waals surface area contributed by atoms with Crippen LogP contribution < -0.4 is 11.1 Å². The van der Waals surface area contributed by atoms with Crippen LogP contribution in [0.3, 0.4) is 0 Å². The van der Waals surface area contributed by atoms with Crippen molar-refractivity contribution in [3.05, 3.63) is 23.8 Å². The molecule has 1 saturated heterocycles. The van der Waals surface area contributed by atoms with Crippen molar-refractivity contribution >= 4 is 11.4 Å². The molecule has 0 bridgehead atoms. The molecule has 0 spiro atoms. The number of ether oxygens (including phenoxy) is 1. The van der Waals surface area contributed by atoms with E-state index in [1.807, 2.05) is 25.1 Å². The quantitative estimate of drug-likeness (QED) is 0.702. The molecule has 3 N–H and O–H groups in total. The van der Waals surface area contributed by atoms with Gasteiger partial charge in [-0.05, 0) is 25.0 Å². The number of nitrogen functional groups attached to an aromatic ring is 1. The summed E-state index contributed by atoms with van der Waals surface area (Å²) < 4.78 is 5.30. The van der Waals surface area contributed by atoms with E-state index in [0.29, 0.717) is 6.04 Å². The van der Waals surface area contributed by atoms with Gasteiger partial charge in [0.2, 0.25) is 0 Å². The zero-order chi connectivity index (χ0) is 9.97. The van der Waals surface area contributed by atoms with Gasteiger partial charge in [-0.25, -0.2) is 0 Å². The Hall–Kier alpha value is -1.22. The maximum atomic E-state index is 5.96. The third kappa shape index (κ3) is 1.82. The van der Waals surface area contributed by atoms with Crippen LogP contribution in [0.15, 0.2) is 18.2 Å². The highest BCUT2D eigenvalue weighted by atomic mass is 16.5. The molecule has 2 rings (SSSR count). The van der Waals surface area contributed by atoms with E-state index in [1.165, 1.54) is 0 Å². The van der Waals surface area contributed by atoms with Crippen molar-refractivity contribution in [2.45, 2.75) is 19.4 Å². The lowest BCUT2D eigenvalue weighted by Crippen LogP contribution is -2.19. The third-order valence-electron chi connectivity index (χ3n) is 2.61. The van der Waals surface area contributed by atoms with Crippen molar-refractivity contribution in [2.75, 3.05) is 24.3 Å². The molecule has 1 fully saturated rings. The average Bonchev–Trinajstić information content (AvgIpc) is 2.66. The maximum Gasteiger partial charge on any atom is 0.0668 e. The fraction of sp³-hybridized carbons (Fsp3) is 0.455. The van der Waals surface area contributed by atoms with E-state index < -0.39 is 0 Å². The van der Waals surface area contributed by atoms with Gasteiger partial charge in [-0.15, -0.1) is 0 Å². The Labute approximate surface area is 84.3 Å². The van der Waals surface area contributed by atoms with Crippen LogP contribution in [0.5, 0.6) is 0 Å². The molecule has 1 atom stereocenters. The van der Waals surface area contributed by atoms with Crippen molar-refractivity contribution in [3.63, 3.8) is 0 Å². The summed E-state index contributed by atoms with van der Waals surface area (Å²) in [7, 11) is 0. The molecule has 3 heteroatoms. The summed E-state index contributed by atoms with van der Waals surface area (Å²) in [5, 5.41) is 3.40. The Bertz CT molecular complexity index is 319. The highest BCUT2D eigenvalue weighted by Gasteiger charge is 2.15. The minimum absolute atomic E-state index is 0.416. The second kappa shape index (κ2) is 3.88. The number of aryl methyl sites for hydroxylation is 1. The number of para-hydroxylation sites is 1. The Morgan fingerprint density at radius 1 is 1.50 bits per heavy atom. The number of benzene rings is 1. The molecule has 0 amide bonds. The number of nitrogens with two attached hydrogens (primary N) is 1. The van der Waals surface area contributed by atoms with Crippen LogP contribution in [-0.4, -0.2) is 19.3 Å². The first-order valence-electron chi connectivity index (χ1n) is 4.97. The predicted molar refractivity (Wildman–Crippen MR) is 58.4 cm³/mol. The Morgan fingerprint density at radius 3 is 3.07 bits per heavy atom. The first kappa shape index (κ1) is 9.34. The van der Waals surface area contributed by atoms with Crippen molar-refractivity contribution in [2.24, 2.45) is 0 Å². The summed E-state index contributed by atoms with van der Waals surface area (Å²) in [5.41, 5.74) is 8.95. The Morgan fingerprint density at radius 2 is 2.36 bits per heavy atom. The SMILES string of the molecule is Cc1cccc(NC2CCOC2)c1N. The van der Waals surface area contributed by atoms with Crippen LogP contribution >= 0.6 is 0 Å². The summed E-state index contributed by atoms with van der Waals surface area (Å²) in [6.45, 7) is 3.66. The second-order valence-corrected chi connectivity index (χ2v) is 3.74. The fourth-order valence-corrected chi connectivity index (χ4v) is 1.67. The zero-order valence-electron chi connectivity index (χ0n) is 8.42. The van der Waals surface area contributed by atoms with Gasteiger partial charge >= 0.3 is 0 Å². The Balaban J connectivity index is 2.11. The molecule has 1 aliphatic heterocycles. The molecular formula is C11H16N2O. The minimum Gasteiger partial charge on any atom is -0.397 e. The van der Waals surface area contributed by atoms with Gasteiger partial charge in [0.05, 0.1) is 24.0 Å². The fourth-order valence-electron chi connectivity index (χ4n) is 1.67. The highest BCUT2D eigenvalue weighted by Crippen LogP contribution is 2.23. The van der Waals surface area contributed by atoms with E-state index in [1.54, 1.807) is 0 Å². The zero-order valence-corrected chi connectivity index (χ0v) is 8.42. The summed E-state index contributed by atoms with van der Waals surface area (Å²) in [6.07, 6.45) is 1.06. The summed E-state index contributed by atoms with van der Waals surface area (Å²) >= 11 is 0. The minimum atomic E-state index is 0.416. The molecule has 0 saturated carbocycles. The van der Waals surface area contributed by atoms with Crippen LogP contribution in [0.1, 0.15) is 12.0 Å². The molecule has 0 aromatic heterocycles. The van der Waals surface area contributed by atoms with Gasteiger partial charge in [0.15, 0.2) is 0 Å². The van der Waals surface area contributed by atoms with Crippen LogP contribution in [0.25, 0.3) is 0 Å². The van der Waals surface area contributed by atoms with Gasteiger partial charge in [0, 0.05) is 6.61 Å². The van der Waals surface area contributed by atoms with E-state index in [0.717, 1.165) is 36.6 Å². The van der Waals surface area contributed by atoms with E-state index in [9.17, 15) is 0 Å². The normalized spacial score (nSPS) is 21.1.